The van der Waals surface area contributed by atoms with E-state index in [9.17, 15) is 25.0 Å². The van der Waals surface area contributed by atoms with E-state index in [4.69, 9.17) is 9.47 Å². The monoisotopic (exact) mass is 346 g/mol. The first-order chi connectivity index (χ1) is 11.9. The minimum absolute atomic E-state index is 0.0112. The highest BCUT2D eigenvalue weighted by atomic mass is 16.6. The lowest BCUT2D eigenvalue weighted by atomic mass is 10.2. The Labute approximate surface area is 142 Å². The SMILES string of the molecule is CCOc1ccc(C(=O)OCc2ccc([N+](=O)[O-])cc2)cc1[N+](=O)[O-]. The Morgan fingerprint density at radius 3 is 2.28 bits per heavy atom. The summed E-state index contributed by atoms with van der Waals surface area (Å²) in [5, 5.41) is 21.6. The average Bonchev–Trinajstić information content (AvgIpc) is 2.60. The van der Waals surface area contributed by atoms with Gasteiger partial charge in [-0.3, -0.25) is 20.2 Å². The van der Waals surface area contributed by atoms with Crippen LogP contribution in [0, 0.1) is 20.2 Å². The topological polar surface area (TPSA) is 122 Å². The van der Waals surface area contributed by atoms with Gasteiger partial charge in [0.1, 0.15) is 6.61 Å². The third-order valence-corrected chi connectivity index (χ3v) is 3.21. The molecule has 9 heteroatoms. The van der Waals surface area contributed by atoms with E-state index < -0.39 is 15.8 Å². The van der Waals surface area contributed by atoms with Crippen LogP contribution in [0.5, 0.6) is 5.75 Å². The number of rotatable bonds is 7. The van der Waals surface area contributed by atoms with Crippen LogP contribution in [0.25, 0.3) is 0 Å². The van der Waals surface area contributed by atoms with Gasteiger partial charge in [-0.15, -0.1) is 0 Å². The number of nitrogens with zero attached hydrogens (tertiary/aromatic N) is 2. The fraction of sp³-hybridized carbons (Fsp3) is 0.188. The molecule has 0 aliphatic carbocycles. The molecular formula is C16H14N2O7. The first-order valence-corrected chi connectivity index (χ1v) is 7.24. The number of benzene rings is 2. The van der Waals surface area contributed by atoms with Crippen molar-refractivity contribution < 1.29 is 24.1 Å². The van der Waals surface area contributed by atoms with Crippen molar-refractivity contribution in [3.63, 3.8) is 0 Å². The normalized spacial score (nSPS) is 10.1. The second kappa shape index (κ2) is 7.86. The molecule has 0 fully saturated rings. The van der Waals surface area contributed by atoms with Gasteiger partial charge in [-0.25, -0.2) is 4.79 Å². The van der Waals surface area contributed by atoms with Gasteiger partial charge in [0.25, 0.3) is 5.69 Å². The second-order valence-corrected chi connectivity index (χ2v) is 4.87. The molecule has 2 aromatic carbocycles. The van der Waals surface area contributed by atoms with Gasteiger partial charge in [-0.2, -0.15) is 0 Å². The van der Waals surface area contributed by atoms with E-state index in [2.05, 4.69) is 0 Å². The summed E-state index contributed by atoms with van der Waals surface area (Å²) in [5.74, 6) is -0.677. The van der Waals surface area contributed by atoms with Crippen LogP contribution in [0.1, 0.15) is 22.8 Å². The number of hydrogen-bond acceptors (Lipinski definition) is 7. The van der Waals surface area contributed by atoms with Crippen LogP contribution in [-0.4, -0.2) is 22.4 Å². The highest BCUT2D eigenvalue weighted by molar-refractivity contribution is 5.90. The van der Waals surface area contributed by atoms with Gasteiger partial charge in [-0.1, -0.05) is 0 Å². The molecule has 0 N–H and O–H groups in total. The Bertz CT molecular complexity index is 803. The molecule has 0 bridgehead atoms. The Morgan fingerprint density at radius 2 is 1.72 bits per heavy atom. The van der Waals surface area contributed by atoms with Gasteiger partial charge in [0.05, 0.1) is 22.0 Å². The van der Waals surface area contributed by atoms with Crippen LogP contribution in [0.2, 0.25) is 0 Å². The summed E-state index contributed by atoms with van der Waals surface area (Å²) >= 11 is 0. The Balaban J connectivity index is 2.08. The number of ether oxygens (including phenoxy) is 2. The molecule has 2 rings (SSSR count). The molecule has 9 nitrogen and oxygen atoms in total. The van der Waals surface area contributed by atoms with Crippen molar-refractivity contribution in [1.82, 2.24) is 0 Å². The van der Waals surface area contributed by atoms with E-state index in [-0.39, 0.29) is 35.9 Å². The van der Waals surface area contributed by atoms with Crippen LogP contribution in [0.15, 0.2) is 42.5 Å². The predicted octanol–water partition coefficient (Wildman–Crippen LogP) is 3.26. The first kappa shape index (κ1) is 17.9. The van der Waals surface area contributed by atoms with E-state index in [1.165, 1.54) is 36.4 Å². The van der Waals surface area contributed by atoms with Crippen molar-refractivity contribution in [2.24, 2.45) is 0 Å². The number of nitro groups is 2. The van der Waals surface area contributed by atoms with Crippen molar-refractivity contribution >= 4 is 17.3 Å². The Morgan fingerprint density at radius 1 is 1.04 bits per heavy atom. The molecule has 0 amide bonds. The molecule has 0 saturated carbocycles. The molecule has 0 spiro atoms. The lowest BCUT2D eigenvalue weighted by Crippen LogP contribution is -2.07. The van der Waals surface area contributed by atoms with Crippen LogP contribution in [-0.2, 0) is 11.3 Å². The molecule has 0 saturated heterocycles. The van der Waals surface area contributed by atoms with Crippen molar-refractivity contribution in [2.75, 3.05) is 6.61 Å². The van der Waals surface area contributed by atoms with E-state index in [0.29, 0.717) is 5.56 Å². The number of carbonyl (C=O) groups is 1. The minimum Gasteiger partial charge on any atom is -0.487 e. The lowest BCUT2D eigenvalue weighted by Gasteiger charge is -2.07. The van der Waals surface area contributed by atoms with Gasteiger partial charge in [0.2, 0.25) is 0 Å². The third-order valence-electron chi connectivity index (χ3n) is 3.21. The Kier molecular flexibility index (Phi) is 5.62. The third kappa shape index (κ3) is 4.50. The fourth-order valence-corrected chi connectivity index (χ4v) is 2.01. The van der Waals surface area contributed by atoms with Gasteiger partial charge in [0, 0.05) is 18.2 Å². The maximum Gasteiger partial charge on any atom is 0.338 e. The number of esters is 1. The number of carbonyl (C=O) groups excluding carboxylic acids is 1. The quantitative estimate of drug-likeness (QED) is 0.428. The van der Waals surface area contributed by atoms with Crippen molar-refractivity contribution in [3.05, 3.63) is 73.8 Å². The standard InChI is InChI=1S/C16H14N2O7/c1-2-24-15-8-5-12(9-14(15)18(22)23)16(19)25-10-11-3-6-13(7-4-11)17(20)21/h3-9H,2,10H2,1H3. The number of nitro benzene ring substituents is 2. The Hall–Kier alpha value is -3.49. The molecule has 0 radical (unpaired) electrons. The molecule has 25 heavy (non-hydrogen) atoms. The van der Waals surface area contributed by atoms with E-state index in [1.54, 1.807) is 6.92 Å². The summed E-state index contributed by atoms with van der Waals surface area (Å²) in [6.07, 6.45) is 0. The zero-order valence-electron chi connectivity index (χ0n) is 13.2. The molecule has 0 heterocycles. The summed E-state index contributed by atoms with van der Waals surface area (Å²) in [6, 6.07) is 9.32. The molecule has 0 aromatic heterocycles. The van der Waals surface area contributed by atoms with Crippen molar-refractivity contribution in [2.45, 2.75) is 13.5 Å². The summed E-state index contributed by atoms with van der Waals surface area (Å²) < 4.78 is 10.2. The van der Waals surface area contributed by atoms with Crippen molar-refractivity contribution in [1.29, 1.82) is 0 Å². The summed E-state index contributed by atoms with van der Waals surface area (Å²) in [6.45, 7) is 1.83. The zero-order valence-corrected chi connectivity index (χ0v) is 13.2. The average molecular weight is 346 g/mol. The molecule has 130 valence electrons. The van der Waals surface area contributed by atoms with Gasteiger partial charge >= 0.3 is 11.7 Å². The van der Waals surface area contributed by atoms with Crippen LogP contribution >= 0.6 is 0 Å². The van der Waals surface area contributed by atoms with Gasteiger partial charge in [0.15, 0.2) is 5.75 Å². The second-order valence-electron chi connectivity index (χ2n) is 4.87. The predicted molar refractivity (Wildman–Crippen MR) is 86.5 cm³/mol. The maximum atomic E-state index is 12.0. The largest absolute Gasteiger partial charge is 0.487 e. The number of hydrogen-bond donors (Lipinski definition) is 0. The zero-order chi connectivity index (χ0) is 18.4. The van der Waals surface area contributed by atoms with Crippen LogP contribution < -0.4 is 4.74 Å². The van der Waals surface area contributed by atoms with E-state index in [1.807, 2.05) is 0 Å². The fourth-order valence-electron chi connectivity index (χ4n) is 2.01. The van der Waals surface area contributed by atoms with Crippen molar-refractivity contribution in [3.8, 4) is 5.75 Å². The highest BCUT2D eigenvalue weighted by Gasteiger charge is 2.19. The molecule has 0 aliphatic heterocycles. The maximum absolute atomic E-state index is 12.0. The lowest BCUT2D eigenvalue weighted by molar-refractivity contribution is -0.385. The summed E-state index contributed by atoms with van der Waals surface area (Å²) in [5.41, 5.74) is 0.167. The highest BCUT2D eigenvalue weighted by Crippen LogP contribution is 2.28. The van der Waals surface area contributed by atoms with Crippen LogP contribution in [0.4, 0.5) is 11.4 Å². The van der Waals surface area contributed by atoms with E-state index >= 15 is 0 Å². The number of non-ortho nitro benzene ring substituents is 1. The first-order valence-electron chi connectivity index (χ1n) is 7.24. The van der Waals surface area contributed by atoms with E-state index in [0.717, 1.165) is 6.07 Å². The van der Waals surface area contributed by atoms with Crippen LogP contribution in [0.3, 0.4) is 0 Å². The molecule has 0 atom stereocenters. The smallest absolute Gasteiger partial charge is 0.338 e. The minimum atomic E-state index is -0.746. The van der Waals surface area contributed by atoms with Gasteiger partial charge in [-0.05, 0) is 36.8 Å². The molecular weight excluding hydrogens is 332 g/mol. The molecule has 0 aliphatic rings. The summed E-state index contributed by atoms with van der Waals surface area (Å²) in [4.78, 5) is 32.5. The van der Waals surface area contributed by atoms with Gasteiger partial charge < -0.3 is 9.47 Å². The molecule has 0 unspecified atom stereocenters. The molecule has 2 aromatic rings. The summed E-state index contributed by atoms with van der Waals surface area (Å²) in [7, 11) is 0.